The van der Waals surface area contributed by atoms with Crippen LogP contribution in [0.4, 0.5) is 4.79 Å². The van der Waals surface area contributed by atoms with E-state index in [0.29, 0.717) is 45.6 Å². The molecule has 152 valence electrons. The van der Waals surface area contributed by atoms with E-state index in [1.165, 1.54) is 0 Å². The molecule has 7 nitrogen and oxygen atoms in total. The number of para-hydroxylation sites is 1. The lowest BCUT2D eigenvalue weighted by Crippen LogP contribution is -2.50. The molecule has 4 rings (SSSR count). The highest BCUT2D eigenvalue weighted by atomic mass is 16.6. The Morgan fingerprint density at radius 2 is 1.96 bits per heavy atom. The number of likely N-dealkylation sites (tertiary alicyclic amines) is 1. The maximum Gasteiger partial charge on any atom is 0.410 e. The van der Waals surface area contributed by atoms with Crippen LogP contribution in [0.5, 0.6) is 5.75 Å². The van der Waals surface area contributed by atoms with E-state index in [9.17, 15) is 9.59 Å². The lowest BCUT2D eigenvalue weighted by Gasteiger charge is -2.38. The number of hydrogen-bond acceptors (Lipinski definition) is 5. The zero-order valence-corrected chi connectivity index (χ0v) is 16.2. The fourth-order valence-corrected chi connectivity index (χ4v) is 4.55. The molecule has 3 fully saturated rings. The summed E-state index contributed by atoms with van der Waals surface area (Å²) in [6.45, 7) is 2.79. The number of amides is 2. The number of nitrogens with zero attached hydrogens (tertiary/aromatic N) is 2. The van der Waals surface area contributed by atoms with Crippen molar-refractivity contribution in [2.24, 2.45) is 11.7 Å². The summed E-state index contributed by atoms with van der Waals surface area (Å²) in [6, 6.07) is 9.73. The van der Waals surface area contributed by atoms with Crippen molar-refractivity contribution >= 4 is 12.0 Å². The highest BCUT2D eigenvalue weighted by molar-refractivity contribution is 5.79. The SMILES string of the molecule is N[C@@H]1CC[C@H](C(=O)N2CCC3(CC2)CN(CCOc2ccccc2)C(=O)O3)C1. The van der Waals surface area contributed by atoms with Crippen LogP contribution >= 0.6 is 0 Å². The normalized spacial score (nSPS) is 26.5. The Balaban J connectivity index is 1.25. The van der Waals surface area contributed by atoms with Gasteiger partial charge in [0.15, 0.2) is 0 Å². The Hall–Kier alpha value is -2.28. The van der Waals surface area contributed by atoms with Crippen molar-refractivity contribution in [1.82, 2.24) is 9.80 Å². The van der Waals surface area contributed by atoms with Crippen LogP contribution in [-0.2, 0) is 9.53 Å². The third-order valence-electron chi connectivity index (χ3n) is 6.22. The van der Waals surface area contributed by atoms with Gasteiger partial charge < -0.3 is 25.0 Å². The minimum Gasteiger partial charge on any atom is -0.492 e. The van der Waals surface area contributed by atoms with Crippen molar-refractivity contribution < 1.29 is 19.1 Å². The first-order chi connectivity index (χ1) is 13.5. The second kappa shape index (κ2) is 7.99. The number of piperidine rings is 1. The smallest absolute Gasteiger partial charge is 0.410 e. The fraction of sp³-hybridized carbons (Fsp3) is 0.619. The van der Waals surface area contributed by atoms with Gasteiger partial charge in [0.05, 0.1) is 13.1 Å². The maximum absolute atomic E-state index is 12.7. The number of carbonyl (C=O) groups is 2. The molecule has 2 aliphatic heterocycles. The van der Waals surface area contributed by atoms with Crippen molar-refractivity contribution in [2.45, 2.75) is 43.7 Å². The Labute approximate surface area is 165 Å². The summed E-state index contributed by atoms with van der Waals surface area (Å²) in [5.74, 6) is 1.09. The van der Waals surface area contributed by atoms with Crippen LogP contribution in [0.15, 0.2) is 30.3 Å². The van der Waals surface area contributed by atoms with Gasteiger partial charge in [0.1, 0.15) is 18.0 Å². The summed E-state index contributed by atoms with van der Waals surface area (Å²) in [6.07, 6.45) is 3.74. The van der Waals surface area contributed by atoms with Crippen LogP contribution in [-0.4, -0.2) is 66.2 Å². The monoisotopic (exact) mass is 387 g/mol. The number of hydrogen-bond donors (Lipinski definition) is 1. The molecule has 1 aromatic carbocycles. The fourth-order valence-electron chi connectivity index (χ4n) is 4.55. The Bertz CT molecular complexity index is 703. The van der Waals surface area contributed by atoms with Crippen LogP contribution in [0.3, 0.4) is 0 Å². The molecule has 1 saturated carbocycles. The van der Waals surface area contributed by atoms with E-state index >= 15 is 0 Å². The van der Waals surface area contributed by atoms with Gasteiger partial charge in [-0.25, -0.2) is 4.79 Å². The van der Waals surface area contributed by atoms with E-state index in [1.54, 1.807) is 4.90 Å². The van der Waals surface area contributed by atoms with E-state index in [2.05, 4.69) is 0 Å². The molecule has 1 aliphatic carbocycles. The molecule has 0 aromatic heterocycles. The largest absolute Gasteiger partial charge is 0.492 e. The second-order valence-electron chi connectivity index (χ2n) is 8.23. The lowest BCUT2D eigenvalue weighted by molar-refractivity contribution is -0.138. The molecule has 1 spiro atoms. The highest BCUT2D eigenvalue weighted by Gasteiger charge is 2.48. The highest BCUT2D eigenvalue weighted by Crippen LogP contribution is 2.35. The zero-order valence-electron chi connectivity index (χ0n) is 16.2. The Morgan fingerprint density at radius 3 is 2.64 bits per heavy atom. The van der Waals surface area contributed by atoms with Crippen LogP contribution < -0.4 is 10.5 Å². The summed E-state index contributed by atoms with van der Waals surface area (Å²) < 4.78 is 11.4. The summed E-state index contributed by atoms with van der Waals surface area (Å²) in [7, 11) is 0. The first-order valence-electron chi connectivity index (χ1n) is 10.2. The van der Waals surface area contributed by atoms with Gasteiger partial charge in [0, 0.05) is 37.9 Å². The summed E-state index contributed by atoms with van der Waals surface area (Å²) in [5.41, 5.74) is 5.48. The minimum atomic E-state index is -0.466. The van der Waals surface area contributed by atoms with Gasteiger partial charge in [-0.05, 0) is 31.4 Å². The summed E-state index contributed by atoms with van der Waals surface area (Å²) >= 11 is 0. The quantitative estimate of drug-likeness (QED) is 0.835. The number of nitrogens with two attached hydrogens (primary N) is 1. The Morgan fingerprint density at radius 1 is 1.21 bits per heavy atom. The van der Waals surface area contributed by atoms with Crippen LogP contribution in [0.25, 0.3) is 0 Å². The first kappa shape index (κ1) is 19.1. The van der Waals surface area contributed by atoms with E-state index in [4.69, 9.17) is 15.2 Å². The second-order valence-corrected chi connectivity index (χ2v) is 8.23. The first-order valence-corrected chi connectivity index (χ1v) is 10.2. The molecular formula is C21H29N3O4. The van der Waals surface area contributed by atoms with Crippen LogP contribution in [0, 0.1) is 5.92 Å². The Kier molecular flexibility index (Phi) is 5.44. The summed E-state index contributed by atoms with van der Waals surface area (Å²) in [4.78, 5) is 28.6. The van der Waals surface area contributed by atoms with Gasteiger partial charge >= 0.3 is 6.09 Å². The van der Waals surface area contributed by atoms with Gasteiger partial charge in [-0.3, -0.25) is 4.79 Å². The van der Waals surface area contributed by atoms with E-state index < -0.39 is 5.60 Å². The average Bonchev–Trinajstić information content (AvgIpc) is 3.26. The molecule has 2 atom stereocenters. The molecule has 0 radical (unpaired) electrons. The molecule has 2 amide bonds. The molecule has 28 heavy (non-hydrogen) atoms. The predicted octanol–water partition coefficient (Wildman–Crippen LogP) is 2.01. The van der Waals surface area contributed by atoms with Crippen LogP contribution in [0.2, 0.25) is 0 Å². The standard InChI is InChI=1S/C21H29N3O4/c22-17-7-6-16(14-17)19(25)23-10-8-21(9-11-23)15-24(20(26)28-21)12-13-27-18-4-2-1-3-5-18/h1-5,16-17H,6-15,22H2/t16-,17+/m0/s1. The number of benzene rings is 1. The van der Waals surface area contributed by atoms with Crippen molar-refractivity contribution in [1.29, 1.82) is 0 Å². The number of rotatable bonds is 5. The molecule has 3 aliphatic rings. The lowest BCUT2D eigenvalue weighted by atomic mass is 9.90. The predicted molar refractivity (Wildman–Crippen MR) is 104 cm³/mol. The minimum absolute atomic E-state index is 0.0711. The van der Waals surface area contributed by atoms with E-state index in [1.807, 2.05) is 35.2 Å². The number of ether oxygens (including phenoxy) is 2. The van der Waals surface area contributed by atoms with Gasteiger partial charge in [-0.15, -0.1) is 0 Å². The van der Waals surface area contributed by atoms with Crippen LogP contribution in [0.1, 0.15) is 32.1 Å². The summed E-state index contributed by atoms with van der Waals surface area (Å²) in [5, 5.41) is 0. The molecule has 0 bridgehead atoms. The average molecular weight is 387 g/mol. The topological polar surface area (TPSA) is 85.1 Å². The van der Waals surface area contributed by atoms with Crippen molar-refractivity contribution in [2.75, 3.05) is 32.8 Å². The van der Waals surface area contributed by atoms with Gasteiger partial charge in [0.25, 0.3) is 0 Å². The molecule has 1 aromatic rings. The molecule has 0 unspecified atom stereocenters. The van der Waals surface area contributed by atoms with Crippen molar-refractivity contribution in [3.63, 3.8) is 0 Å². The van der Waals surface area contributed by atoms with Crippen molar-refractivity contribution in [3.8, 4) is 5.75 Å². The van der Waals surface area contributed by atoms with Crippen molar-refractivity contribution in [3.05, 3.63) is 30.3 Å². The zero-order chi connectivity index (χ0) is 19.6. The number of carbonyl (C=O) groups excluding carboxylic acids is 2. The van der Waals surface area contributed by atoms with Gasteiger partial charge in [0.2, 0.25) is 5.91 Å². The maximum atomic E-state index is 12.7. The third-order valence-corrected chi connectivity index (χ3v) is 6.22. The van der Waals surface area contributed by atoms with E-state index in [-0.39, 0.29) is 24.0 Å². The molecule has 2 heterocycles. The molecule has 2 saturated heterocycles. The van der Waals surface area contributed by atoms with Gasteiger partial charge in [-0.2, -0.15) is 0 Å². The van der Waals surface area contributed by atoms with Gasteiger partial charge in [-0.1, -0.05) is 18.2 Å². The third kappa shape index (κ3) is 4.09. The molecule has 2 N–H and O–H groups in total. The molecular weight excluding hydrogens is 358 g/mol. The van der Waals surface area contributed by atoms with E-state index in [0.717, 1.165) is 25.0 Å². The molecule has 7 heteroatoms.